The van der Waals surface area contributed by atoms with Gasteiger partial charge in [0.2, 0.25) is 5.91 Å². The highest BCUT2D eigenvalue weighted by molar-refractivity contribution is 6.10. The van der Waals surface area contributed by atoms with Crippen LogP contribution in [0.2, 0.25) is 0 Å². The average Bonchev–Trinajstić information content (AvgIpc) is 2.85. The number of hydrogen-bond donors (Lipinski definition) is 0. The van der Waals surface area contributed by atoms with E-state index in [1.54, 1.807) is 41.3 Å². The van der Waals surface area contributed by atoms with E-state index in [1.807, 2.05) is 29.2 Å². The fourth-order valence-electron chi connectivity index (χ4n) is 4.73. The van der Waals surface area contributed by atoms with Gasteiger partial charge < -0.3 is 14.7 Å². The largest absolute Gasteiger partial charge is 0.351 e. The molecular formula is C27H23F2N5O2. The molecule has 0 radical (unpaired) electrons. The minimum atomic E-state index is -2.96. The highest BCUT2D eigenvalue weighted by Crippen LogP contribution is 2.38. The third-order valence-corrected chi connectivity index (χ3v) is 6.73. The van der Waals surface area contributed by atoms with Crippen molar-refractivity contribution in [3.8, 4) is 6.07 Å². The fraction of sp³-hybridized carbons (Fsp3) is 0.259. The molecular weight excluding hydrogens is 464 g/mol. The van der Waals surface area contributed by atoms with E-state index in [2.05, 4.69) is 4.98 Å². The lowest BCUT2D eigenvalue weighted by atomic mass is 9.83. The van der Waals surface area contributed by atoms with Gasteiger partial charge in [0.25, 0.3) is 11.8 Å². The maximum atomic E-state index is 13.9. The Morgan fingerprint density at radius 2 is 1.72 bits per heavy atom. The lowest BCUT2D eigenvalue weighted by molar-refractivity contribution is -0.153. The van der Waals surface area contributed by atoms with Gasteiger partial charge in [-0.15, -0.1) is 0 Å². The summed E-state index contributed by atoms with van der Waals surface area (Å²) in [6, 6.07) is 20.3. The molecule has 0 atom stereocenters. The number of pyridine rings is 1. The van der Waals surface area contributed by atoms with Gasteiger partial charge in [0.15, 0.2) is 5.54 Å². The number of para-hydroxylation sites is 1. The molecule has 2 fully saturated rings. The van der Waals surface area contributed by atoms with Crippen LogP contribution in [0.3, 0.4) is 0 Å². The lowest BCUT2D eigenvalue weighted by Gasteiger charge is -2.58. The Morgan fingerprint density at radius 3 is 2.31 bits per heavy atom. The van der Waals surface area contributed by atoms with Crippen LogP contribution in [0.25, 0.3) is 0 Å². The quantitative estimate of drug-likeness (QED) is 0.548. The van der Waals surface area contributed by atoms with Crippen LogP contribution in [0.4, 0.5) is 20.3 Å². The molecule has 0 bridgehead atoms. The minimum Gasteiger partial charge on any atom is -0.351 e. The van der Waals surface area contributed by atoms with Gasteiger partial charge >= 0.3 is 0 Å². The van der Waals surface area contributed by atoms with Crippen molar-refractivity contribution >= 4 is 23.3 Å². The van der Waals surface area contributed by atoms with Gasteiger partial charge in [-0.1, -0.05) is 42.5 Å². The Morgan fingerprint density at radius 1 is 1.03 bits per heavy atom. The van der Waals surface area contributed by atoms with Crippen LogP contribution in [0, 0.1) is 11.3 Å². The first-order valence-corrected chi connectivity index (χ1v) is 11.5. The van der Waals surface area contributed by atoms with E-state index in [1.165, 1.54) is 23.2 Å². The zero-order chi connectivity index (χ0) is 25.5. The van der Waals surface area contributed by atoms with E-state index >= 15 is 0 Å². The predicted octanol–water partition coefficient (Wildman–Crippen LogP) is 3.70. The van der Waals surface area contributed by atoms with Crippen molar-refractivity contribution in [1.29, 1.82) is 5.26 Å². The number of amides is 2. The van der Waals surface area contributed by atoms with Crippen LogP contribution in [0.15, 0.2) is 72.9 Å². The van der Waals surface area contributed by atoms with Gasteiger partial charge in [-0.25, -0.2) is 13.8 Å². The normalized spacial score (nSPS) is 17.2. The molecule has 1 aromatic heterocycles. The molecule has 2 amide bonds. The highest BCUT2D eigenvalue weighted by atomic mass is 19.3. The number of aromatic nitrogens is 1. The molecule has 7 nitrogen and oxygen atoms in total. The van der Waals surface area contributed by atoms with E-state index in [-0.39, 0.29) is 43.6 Å². The number of benzene rings is 2. The summed E-state index contributed by atoms with van der Waals surface area (Å²) in [5.41, 5.74) is 0.481. The molecule has 2 saturated heterocycles. The summed E-state index contributed by atoms with van der Waals surface area (Å²) in [4.78, 5) is 36.6. The third-order valence-electron chi connectivity index (χ3n) is 6.73. The van der Waals surface area contributed by atoms with Crippen LogP contribution < -0.4 is 9.80 Å². The van der Waals surface area contributed by atoms with Crippen molar-refractivity contribution in [2.45, 2.75) is 24.9 Å². The molecule has 3 aromatic rings. The molecule has 36 heavy (non-hydrogen) atoms. The summed E-state index contributed by atoms with van der Waals surface area (Å²) in [5.74, 6) is -2.79. The van der Waals surface area contributed by atoms with Gasteiger partial charge in [0.05, 0.1) is 18.7 Å². The van der Waals surface area contributed by atoms with Crippen molar-refractivity contribution in [2.75, 3.05) is 29.4 Å². The number of hydrogen-bond acceptors (Lipinski definition) is 5. The number of carbonyl (C=O) groups excluding carboxylic acids is 2. The number of alkyl halides is 2. The van der Waals surface area contributed by atoms with Crippen LogP contribution in [-0.4, -0.2) is 46.9 Å². The molecule has 182 valence electrons. The maximum Gasteiger partial charge on any atom is 0.270 e. The number of anilines is 2. The summed E-state index contributed by atoms with van der Waals surface area (Å²) >= 11 is 0. The molecule has 0 aliphatic carbocycles. The van der Waals surface area contributed by atoms with Crippen LogP contribution in [0.1, 0.15) is 23.6 Å². The van der Waals surface area contributed by atoms with Crippen LogP contribution in [-0.2, 0) is 22.1 Å². The first kappa shape index (κ1) is 23.4. The fourth-order valence-corrected chi connectivity index (χ4v) is 4.73. The lowest BCUT2D eigenvalue weighted by Crippen LogP contribution is -2.81. The first-order chi connectivity index (χ1) is 17.2. The SMILES string of the molecule is CC(F)(F)c1ccc(CN2C(=O)CN(c3ccccc3)C(=O)C23CN(c2ccc(C#N)cn2)C3)cc1. The van der Waals surface area contributed by atoms with Crippen LogP contribution >= 0.6 is 0 Å². The zero-order valence-electron chi connectivity index (χ0n) is 19.6. The summed E-state index contributed by atoms with van der Waals surface area (Å²) in [5, 5.41) is 9.04. The molecule has 0 saturated carbocycles. The zero-order valence-corrected chi connectivity index (χ0v) is 19.6. The van der Waals surface area contributed by atoms with Crippen molar-refractivity contribution in [3.63, 3.8) is 0 Å². The first-order valence-electron chi connectivity index (χ1n) is 11.5. The van der Waals surface area contributed by atoms with Crippen molar-refractivity contribution in [3.05, 3.63) is 89.6 Å². The minimum absolute atomic E-state index is 0.106. The number of halogens is 2. The van der Waals surface area contributed by atoms with Crippen LogP contribution in [0.5, 0.6) is 0 Å². The molecule has 1 spiro atoms. The summed E-state index contributed by atoms with van der Waals surface area (Å²) < 4.78 is 27.3. The molecule has 0 unspecified atom stereocenters. The van der Waals surface area contributed by atoms with Crippen molar-refractivity contribution in [1.82, 2.24) is 9.88 Å². The van der Waals surface area contributed by atoms with E-state index in [0.29, 0.717) is 22.6 Å². The highest BCUT2D eigenvalue weighted by Gasteiger charge is 2.60. The van der Waals surface area contributed by atoms with Gasteiger partial charge in [-0.3, -0.25) is 9.59 Å². The van der Waals surface area contributed by atoms with Gasteiger partial charge in [0, 0.05) is 30.9 Å². The van der Waals surface area contributed by atoms with Crippen molar-refractivity contribution in [2.24, 2.45) is 0 Å². The van der Waals surface area contributed by atoms with E-state index in [4.69, 9.17) is 5.26 Å². The van der Waals surface area contributed by atoms with E-state index in [9.17, 15) is 18.4 Å². The van der Waals surface area contributed by atoms with Gasteiger partial charge in [-0.05, 0) is 29.8 Å². The predicted molar refractivity (Wildman–Crippen MR) is 129 cm³/mol. The monoisotopic (exact) mass is 487 g/mol. The Kier molecular flexibility index (Phi) is 5.67. The number of carbonyl (C=O) groups is 2. The van der Waals surface area contributed by atoms with E-state index in [0.717, 1.165) is 6.92 Å². The molecule has 2 aliphatic rings. The summed E-state index contributed by atoms with van der Waals surface area (Å²) in [7, 11) is 0. The maximum absolute atomic E-state index is 13.9. The standard InChI is InChI=1S/C27H23F2N5O2/c1-26(28,29)21-10-7-19(8-11-21)15-34-24(35)16-33(22-5-3-2-4-6-22)25(36)27(34)17-32(18-27)23-12-9-20(13-30)14-31-23/h2-12,14H,15-18H2,1H3. The topological polar surface area (TPSA) is 80.5 Å². The second-order valence-corrected chi connectivity index (χ2v) is 9.20. The Hall–Kier alpha value is -4.32. The van der Waals surface area contributed by atoms with Gasteiger partial charge in [0.1, 0.15) is 18.4 Å². The number of nitriles is 1. The second-order valence-electron chi connectivity index (χ2n) is 9.20. The smallest absolute Gasteiger partial charge is 0.270 e. The van der Waals surface area contributed by atoms with Gasteiger partial charge in [-0.2, -0.15) is 5.26 Å². The Balaban J connectivity index is 1.46. The third kappa shape index (κ3) is 4.05. The summed E-state index contributed by atoms with van der Waals surface area (Å²) in [6.45, 7) is 1.31. The molecule has 0 N–H and O–H groups in total. The van der Waals surface area contributed by atoms with E-state index < -0.39 is 11.5 Å². The number of nitrogens with zero attached hydrogens (tertiary/aromatic N) is 5. The molecule has 2 aromatic carbocycles. The molecule has 5 rings (SSSR count). The number of piperazine rings is 1. The molecule has 9 heteroatoms. The molecule has 2 aliphatic heterocycles. The summed E-state index contributed by atoms with van der Waals surface area (Å²) in [6.07, 6.45) is 1.47. The second kappa shape index (κ2) is 8.72. The number of rotatable bonds is 5. The molecule has 3 heterocycles. The Labute approximate surface area is 207 Å². The van der Waals surface area contributed by atoms with Crippen molar-refractivity contribution < 1.29 is 18.4 Å². The Bertz CT molecular complexity index is 1330. The average molecular weight is 488 g/mol.